The molecule has 0 atom stereocenters. The Labute approximate surface area is 93.2 Å². The summed E-state index contributed by atoms with van der Waals surface area (Å²) in [4.78, 5) is 32.7. The molecule has 8 nitrogen and oxygen atoms in total. The van der Waals surface area contributed by atoms with Crippen molar-refractivity contribution in [3.8, 4) is 0 Å². The van der Waals surface area contributed by atoms with Crippen LogP contribution in [-0.4, -0.2) is 23.1 Å². The van der Waals surface area contributed by atoms with Gasteiger partial charge in [0.05, 0.1) is 10.4 Å². The van der Waals surface area contributed by atoms with E-state index in [2.05, 4.69) is 5.32 Å². The lowest BCUT2D eigenvalue weighted by atomic mass is 10.2. The number of primary amides is 2. The van der Waals surface area contributed by atoms with E-state index in [-0.39, 0.29) is 15.4 Å². The highest BCUT2D eigenvalue weighted by atomic mass is 32.1. The minimum absolute atomic E-state index is 0.0350. The van der Waals surface area contributed by atoms with E-state index in [9.17, 15) is 14.4 Å². The predicted octanol–water partition coefficient (Wildman–Crippen LogP) is -0.543. The number of amides is 4. The predicted molar refractivity (Wildman–Crippen MR) is 55.3 cm³/mol. The Morgan fingerprint density at radius 1 is 1.31 bits per heavy atom. The van der Waals surface area contributed by atoms with E-state index < -0.39 is 17.8 Å². The van der Waals surface area contributed by atoms with Crippen molar-refractivity contribution in [2.75, 3.05) is 5.32 Å². The number of urea groups is 1. The number of anilines is 1. The Kier molecular flexibility index (Phi) is 3.43. The number of hydrogen-bond donors (Lipinski definition) is 5. The number of carbonyl (C=O) groups is 3. The van der Waals surface area contributed by atoms with Gasteiger partial charge >= 0.3 is 6.03 Å². The molecule has 0 unspecified atom stereocenters. The van der Waals surface area contributed by atoms with E-state index >= 15 is 0 Å². The summed E-state index contributed by atoms with van der Waals surface area (Å²) < 4.78 is 0. The van der Waals surface area contributed by atoms with E-state index in [0.29, 0.717) is 0 Å². The van der Waals surface area contributed by atoms with Gasteiger partial charge in [0.2, 0.25) is 0 Å². The summed E-state index contributed by atoms with van der Waals surface area (Å²) in [6.07, 6.45) is 0. The Morgan fingerprint density at radius 3 is 2.38 bits per heavy atom. The van der Waals surface area contributed by atoms with Crippen molar-refractivity contribution in [2.24, 2.45) is 11.5 Å². The zero-order chi connectivity index (χ0) is 12.3. The van der Waals surface area contributed by atoms with Gasteiger partial charge in [-0.25, -0.2) is 10.3 Å². The highest BCUT2D eigenvalue weighted by Crippen LogP contribution is 2.27. The van der Waals surface area contributed by atoms with Gasteiger partial charge in [-0.2, -0.15) is 0 Å². The molecule has 0 saturated carbocycles. The standard InChI is InChI=1S/C7H8N4O4S/c8-4(12)3-1-2(5(13)11-15)6(16-3)10-7(9)14/h1,15H,(H2,8,12)(H,11,13)(H3,9,10,14). The molecule has 0 aliphatic rings. The SMILES string of the molecule is NC(=O)Nc1sc(C(N)=O)cc1C(=O)NO. The van der Waals surface area contributed by atoms with Gasteiger partial charge in [0.1, 0.15) is 5.00 Å². The highest BCUT2D eigenvalue weighted by molar-refractivity contribution is 7.18. The Morgan fingerprint density at radius 2 is 1.94 bits per heavy atom. The number of hydroxylamine groups is 1. The largest absolute Gasteiger partial charge is 0.365 e. The van der Waals surface area contributed by atoms with Crippen molar-refractivity contribution < 1.29 is 19.6 Å². The molecule has 0 aliphatic heterocycles. The monoisotopic (exact) mass is 244 g/mol. The molecule has 1 aromatic rings. The molecule has 86 valence electrons. The van der Waals surface area contributed by atoms with Crippen LogP contribution in [0.15, 0.2) is 6.07 Å². The van der Waals surface area contributed by atoms with E-state index in [1.807, 2.05) is 0 Å². The molecule has 0 saturated heterocycles. The first-order valence-corrected chi connectivity index (χ1v) is 4.72. The van der Waals surface area contributed by atoms with Crippen molar-refractivity contribution in [1.29, 1.82) is 0 Å². The number of rotatable bonds is 3. The summed E-state index contributed by atoms with van der Waals surface area (Å²) in [5, 5.41) is 10.6. The molecule has 4 amide bonds. The lowest BCUT2D eigenvalue weighted by molar-refractivity contribution is 0.0708. The number of nitrogens with two attached hydrogens (primary N) is 2. The first-order valence-electron chi connectivity index (χ1n) is 3.90. The van der Waals surface area contributed by atoms with E-state index in [4.69, 9.17) is 16.7 Å². The lowest BCUT2D eigenvalue weighted by Gasteiger charge is -2.00. The smallest absolute Gasteiger partial charge is 0.317 e. The first kappa shape index (κ1) is 11.9. The molecule has 0 fully saturated rings. The van der Waals surface area contributed by atoms with Crippen LogP contribution >= 0.6 is 11.3 Å². The molecule has 7 N–H and O–H groups in total. The Bertz CT molecular complexity index is 455. The highest BCUT2D eigenvalue weighted by Gasteiger charge is 2.18. The molecule has 0 radical (unpaired) electrons. The maximum atomic E-state index is 11.2. The van der Waals surface area contributed by atoms with Crippen LogP contribution in [0.2, 0.25) is 0 Å². The molecule has 1 aromatic heterocycles. The molecule has 9 heteroatoms. The second-order valence-electron chi connectivity index (χ2n) is 2.65. The molecule has 1 heterocycles. The maximum Gasteiger partial charge on any atom is 0.317 e. The third kappa shape index (κ3) is 2.46. The quantitative estimate of drug-likeness (QED) is 0.358. The van der Waals surface area contributed by atoms with E-state index in [1.54, 1.807) is 0 Å². The number of nitrogens with one attached hydrogen (secondary N) is 2. The summed E-state index contributed by atoms with van der Waals surface area (Å²) in [5.41, 5.74) is 11.1. The van der Waals surface area contributed by atoms with Crippen LogP contribution in [0.4, 0.5) is 9.80 Å². The van der Waals surface area contributed by atoms with E-state index in [0.717, 1.165) is 17.4 Å². The van der Waals surface area contributed by atoms with Crippen LogP contribution in [-0.2, 0) is 0 Å². The molecule has 0 bridgehead atoms. The molecular weight excluding hydrogens is 236 g/mol. The second kappa shape index (κ2) is 4.59. The van der Waals surface area contributed by atoms with Crippen molar-refractivity contribution in [2.45, 2.75) is 0 Å². The topological polar surface area (TPSA) is 148 Å². The van der Waals surface area contributed by atoms with Crippen molar-refractivity contribution in [3.63, 3.8) is 0 Å². The third-order valence-electron chi connectivity index (χ3n) is 1.56. The second-order valence-corrected chi connectivity index (χ2v) is 3.70. The fraction of sp³-hybridized carbons (Fsp3) is 0. The van der Waals surface area contributed by atoms with Gasteiger partial charge in [0, 0.05) is 0 Å². The molecule has 0 aromatic carbocycles. The third-order valence-corrected chi connectivity index (χ3v) is 2.62. The summed E-state index contributed by atoms with van der Waals surface area (Å²) in [7, 11) is 0. The number of carbonyl (C=O) groups excluding carboxylic acids is 3. The molecule has 16 heavy (non-hydrogen) atoms. The van der Waals surface area contributed by atoms with Crippen LogP contribution in [0.3, 0.4) is 0 Å². The first-order chi connectivity index (χ1) is 7.45. The Balaban J connectivity index is 3.17. The van der Waals surface area contributed by atoms with Crippen LogP contribution in [0.25, 0.3) is 0 Å². The van der Waals surface area contributed by atoms with Gasteiger partial charge in [-0.05, 0) is 6.07 Å². The van der Waals surface area contributed by atoms with Crippen molar-refractivity contribution in [3.05, 3.63) is 16.5 Å². The van der Waals surface area contributed by atoms with Gasteiger partial charge in [-0.15, -0.1) is 11.3 Å². The van der Waals surface area contributed by atoms with Gasteiger partial charge in [0.15, 0.2) is 0 Å². The van der Waals surface area contributed by atoms with Gasteiger partial charge in [0.25, 0.3) is 11.8 Å². The Hall–Kier alpha value is -2.13. The van der Waals surface area contributed by atoms with Crippen LogP contribution in [0.1, 0.15) is 20.0 Å². The van der Waals surface area contributed by atoms with E-state index in [1.165, 1.54) is 5.48 Å². The van der Waals surface area contributed by atoms with Gasteiger partial charge in [-0.1, -0.05) is 0 Å². The van der Waals surface area contributed by atoms with Crippen LogP contribution in [0.5, 0.6) is 0 Å². The van der Waals surface area contributed by atoms with Crippen LogP contribution < -0.4 is 22.3 Å². The minimum Gasteiger partial charge on any atom is -0.365 e. The number of thiophene rings is 1. The zero-order valence-electron chi connectivity index (χ0n) is 7.81. The lowest BCUT2D eigenvalue weighted by Crippen LogP contribution is -2.23. The van der Waals surface area contributed by atoms with Crippen LogP contribution in [0, 0.1) is 0 Å². The average Bonchev–Trinajstić information content (AvgIpc) is 2.59. The van der Waals surface area contributed by atoms with Gasteiger partial charge < -0.3 is 11.5 Å². The fourth-order valence-electron chi connectivity index (χ4n) is 0.946. The molecule has 0 spiro atoms. The summed E-state index contributed by atoms with van der Waals surface area (Å²) in [6, 6.07) is 0.244. The summed E-state index contributed by atoms with van der Waals surface area (Å²) >= 11 is 0.781. The normalized spacial score (nSPS) is 9.56. The van der Waals surface area contributed by atoms with Crippen molar-refractivity contribution >= 4 is 34.2 Å². The van der Waals surface area contributed by atoms with Gasteiger partial charge in [-0.3, -0.25) is 20.1 Å². The molecule has 1 rings (SSSR count). The average molecular weight is 244 g/mol. The van der Waals surface area contributed by atoms with Crippen molar-refractivity contribution in [1.82, 2.24) is 5.48 Å². The summed E-state index contributed by atoms with van der Waals surface area (Å²) in [5.74, 6) is -1.64. The number of hydrogen-bond acceptors (Lipinski definition) is 5. The molecular formula is C7H8N4O4S. The molecule has 0 aliphatic carbocycles. The maximum absolute atomic E-state index is 11.2. The fourth-order valence-corrected chi connectivity index (χ4v) is 1.86. The summed E-state index contributed by atoms with van der Waals surface area (Å²) in [6.45, 7) is 0. The minimum atomic E-state index is -0.898. The zero-order valence-corrected chi connectivity index (χ0v) is 8.63.